The highest BCUT2D eigenvalue weighted by Gasteiger charge is 2.14. The van der Waals surface area contributed by atoms with Crippen molar-refractivity contribution < 1.29 is 14.8 Å². The van der Waals surface area contributed by atoms with E-state index >= 15 is 0 Å². The summed E-state index contributed by atoms with van der Waals surface area (Å²) in [6, 6.07) is 4.61. The third-order valence-corrected chi connectivity index (χ3v) is 2.99. The minimum absolute atomic E-state index is 0.0435. The Morgan fingerprint density at radius 2 is 2.32 bits per heavy atom. The SMILES string of the molecule is O=[N+]([O-])c1cc(OCCO)ccc1NCCCn1ccnc1. The molecule has 1 aromatic carbocycles. The average molecular weight is 306 g/mol. The summed E-state index contributed by atoms with van der Waals surface area (Å²) in [6.45, 7) is 1.37. The van der Waals surface area contributed by atoms with Gasteiger partial charge in [-0.15, -0.1) is 0 Å². The molecule has 0 aliphatic rings. The van der Waals surface area contributed by atoms with Crippen LogP contribution in [0.5, 0.6) is 5.75 Å². The molecule has 0 aliphatic carbocycles. The van der Waals surface area contributed by atoms with Crippen LogP contribution in [0.2, 0.25) is 0 Å². The molecule has 2 aromatic rings. The first-order chi connectivity index (χ1) is 10.7. The van der Waals surface area contributed by atoms with Crippen molar-refractivity contribution >= 4 is 11.4 Å². The molecule has 1 aromatic heterocycles. The maximum Gasteiger partial charge on any atom is 0.296 e. The minimum atomic E-state index is -0.454. The van der Waals surface area contributed by atoms with Gasteiger partial charge in [-0.25, -0.2) is 4.98 Å². The van der Waals surface area contributed by atoms with Crippen LogP contribution in [-0.4, -0.2) is 39.3 Å². The molecule has 2 rings (SSSR count). The van der Waals surface area contributed by atoms with E-state index in [2.05, 4.69) is 10.3 Å². The lowest BCUT2D eigenvalue weighted by molar-refractivity contribution is -0.384. The van der Waals surface area contributed by atoms with Gasteiger partial charge in [0, 0.05) is 25.5 Å². The molecule has 0 amide bonds. The molecule has 0 fully saturated rings. The second kappa shape index (κ2) is 7.99. The largest absolute Gasteiger partial charge is 0.491 e. The molecule has 0 aliphatic heterocycles. The number of hydrogen-bond donors (Lipinski definition) is 2. The molecule has 118 valence electrons. The Bertz CT molecular complexity index is 601. The lowest BCUT2D eigenvalue weighted by Crippen LogP contribution is -2.08. The van der Waals surface area contributed by atoms with Gasteiger partial charge < -0.3 is 19.7 Å². The van der Waals surface area contributed by atoms with Gasteiger partial charge in [-0.05, 0) is 18.6 Å². The van der Waals surface area contributed by atoms with Crippen molar-refractivity contribution in [1.29, 1.82) is 0 Å². The van der Waals surface area contributed by atoms with Gasteiger partial charge in [0.15, 0.2) is 0 Å². The van der Waals surface area contributed by atoms with Gasteiger partial charge in [0.25, 0.3) is 5.69 Å². The molecule has 1 heterocycles. The van der Waals surface area contributed by atoms with Crippen molar-refractivity contribution in [2.45, 2.75) is 13.0 Å². The van der Waals surface area contributed by atoms with Crippen molar-refractivity contribution in [3.8, 4) is 5.75 Å². The highest BCUT2D eigenvalue weighted by Crippen LogP contribution is 2.29. The topological polar surface area (TPSA) is 102 Å². The number of nitro groups is 1. The number of benzene rings is 1. The molecule has 22 heavy (non-hydrogen) atoms. The zero-order valence-electron chi connectivity index (χ0n) is 12.0. The van der Waals surface area contributed by atoms with Gasteiger partial charge in [-0.2, -0.15) is 0 Å². The van der Waals surface area contributed by atoms with Crippen molar-refractivity contribution in [3.63, 3.8) is 0 Å². The number of nitrogens with one attached hydrogen (secondary N) is 1. The van der Waals surface area contributed by atoms with Gasteiger partial charge in [-0.1, -0.05) is 0 Å². The Kier molecular flexibility index (Phi) is 5.73. The molecule has 8 heteroatoms. The smallest absolute Gasteiger partial charge is 0.296 e. The Morgan fingerprint density at radius 3 is 3.00 bits per heavy atom. The van der Waals surface area contributed by atoms with E-state index in [1.807, 2.05) is 10.8 Å². The van der Waals surface area contributed by atoms with E-state index in [9.17, 15) is 10.1 Å². The van der Waals surface area contributed by atoms with E-state index in [0.717, 1.165) is 13.0 Å². The maximum absolute atomic E-state index is 11.1. The van der Waals surface area contributed by atoms with Crippen LogP contribution < -0.4 is 10.1 Å². The first kappa shape index (κ1) is 15.8. The molecule has 0 bridgehead atoms. The summed E-state index contributed by atoms with van der Waals surface area (Å²) in [5.74, 6) is 0.365. The fourth-order valence-electron chi connectivity index (χ4n) is 1.97. The summed E-state index contributed by atoms with van der Waals surface area (Å²) >= 11 is 0. The van der Waals surface area contributed by atoms with Crippen molar-refractivity contribution in [3.05, 3.63) is 47.0 Å². The van der Waals surface area contributed by atoms with E-state index in [1.54, 1.807) is 24.7 Å². The van der Waals surface area contributed by atoms with Gasteiger partial charge in [0.05, 0.1) is 23.9 Å². The monoisotopic (exact) mass is 306 g/mol. The summed E-state index contributed by atoms with van der Waals surface area (Å²) in [5, 5.41) is 22.9. The number of aliphatic hydroxyl groups is 1. The number of aromatic nitrogens is 2. The van der Waals surface area contributed by atoms with E-state index in [-0.39, 0.29) is 18.9 Å². The van der Waals surface area contributed by atoms with Crippen LogP contribution in [0.4, 0.5) is 11.4 Å². The minimum Gasteiger partial charge on any atom is -0.491 e. The fourth-order valence-corrected chi connectivity index (χ4v) is 1.97. The van der Waals surface area contributed by atoms with Crippen molar-refractivity contribution in [2.24, 2.45) is 0 Å². The number of rotatable bonds is 9. The number of hydrogen-bond acceptors (Lipinski definition) is 6. The number of aryl methyl sites for hydroxylation is 1. The highest BCUT2D eigenvalue weighted by atomic mass is 16.6. The standard InChI is InChI=1S/C14H18N4O4/c19-8-9-22-12-2-3-13(14(10-12)18(20)21)16-4-1-6-17-7-5-15-11-17/h2-3,5,7,10-11,16,19H,1,4,6,8-9H2. The number of ether oxygens (including phenoxy) is 1. The first-order valence-electron chi connectivity index (χ1n) is 6.92. The first-order valence-corrected chi connectivity index (χ1v) is 6.92. The lowest BCUT2D eigenvalue weighted by atomic mass is 10.2. The number of nitrogens with zero attached hydrogens (tertiary/aromatic N) is 3. The predicted octanol–water partition coefficient (Wildman–Crippen LogP) is 1.66. The Hall–Kier alpha value is -2.61. The third kappa shape index (κ3) is 4.45. The quantitative estimate of drug-likeness (QED) is 0.415. The number of nitro benzene ring substituents is 1. The third-order valence-electron chi connectivity index (χ3n) is 2.99. The molecular weight excluding hydrogens is 288 g/mol. The lowest BCUT2D eigenvalue weighted by Gasteiger charge is -2.09. The second-order valence-electron chi connectivity index (χ2n) is 4.59. The van der Waals surface area contributed by atoms with Crippen molar-refractivity contribution in [2.75, 3.05) is 25.1 Å². The molecule has 0 unspecified atom stereocenters. The summed E-state index contributed by atoms with van der Waals surface area (Å²) < 4.78 is 7.13. The number of anilines is 1. The molecule has 0 saturated carbocycles. The summed E-state index contributed by atoms with van der Waals surface area (Å²) in [7, 11) is 0. The average Bonchev–Trinajstić information content (AvgIpc) is 3.03. The molecule has 0 radical (unpaired) electrons. The fraction of sp³-hybridized carbons (Fsp3) is 0.357. The van der Waals surface area contributed by atoms with Gasteiger partial charge in [-0.3, -0.25) is 10.1 Å². The van der Waals surface area contributed by atoms with E-state index < -0.39 is 4.92 Å². The van der Waals surface area contributed by atoms with Gasteiger partial charge in [0.2, 0.25) is 0 Å². The molecule has 8 nitrogen and oxygen atoms in total. The van der Waals surface area contributed by atoms with Crippen LogP contribution in [0.3, 0.4) is 0 Å². The van der Waals surface area contributed by atoms with E-state index in [1.165, 1.54) is 6.07 Å². The summed E-state index contributed by atoms with van der Waals surface area (Å²) in [4.78, 5) is 14.6. The van der Waals surface area contributed by atoms with E-state index in [0.29, 0.717) is 18.0 Å². The van der Waals surface area contributed by atoms with Crippen LogP contribution in [0.25, 0.3) is 0 Å². The van der Waals surface area contributed by atoms with Gasteiger partial charge >= 0.3 is 0 Å². The maximum atomic E-state index is 11.1. The van der Waals surface area contributed by atoms with Crippen molar-refractivity contribution in [1.82, 2.24) is 9.55 Å². The Balaban J connectivity index is 1.92. The number of aliphatic hydroxyl groups excluding tert-OH is 1. The summed E-state index contributed by atoms with van der Waals surface area (Å²) in [6.07, 6.45) is 6.13. The zero-order chi connectivity index (χ0) is 15.8. The molecule has 0 atom stereocenters. The zero-order valence-corrected chi connectivity index (χ0v) is 12.0. The van der Waals surface area contributed by atoms with Crippen LogP contribution in [-0.2, 0) is 6.54 Å². The van der Waals surface area contributed by atoms with Crippen LogP contribution in [0, 0.1) is 10.1 Å². The van der Waals surface area contributed by atoms with Crippen LogP contribution in [0.15, 0.2) is 36.9 Å². The van der Waals surface area contributed by atoms with Gasteiger partial charge in [0.1, 0.15) is 18.0 Å². The molecule has 0 saturated heterocycles. The van der Waals surface area contributed by atoms with E-state index in [4.69, 9.17) is 9.84 Å². The van der Waals surface area contributed by atoms with Crippen LogP contribution in [0.1, 0.15) is 6.42 Å². The Morgan fingerprint density at radius 1 is 1.45 bits per heavy atom. The van der Waals surface area contributed by atoms with Crippen LogP contribution >= 0.6 is 0 Å². The molecule has 0 spiro atoms. The number of imidazole rings is 1. The normalized spacial score (nSPS) is 10.4. The second-order valence-corrected chi connectivity index (χ2v) is 4.59. The highest BCUT2D eigenvalue weighted by molar-refractivity contribution is 5.63. The molecular formula is C14H18N4O4. The molecule has 2 N–H and O–H groups in total. The predicted molar refractivity (Wildman–Crippen MR) is 81.0 cm³/mol. The Labute approximate surface area is 127 Å². The summed E-state index contributed by atoms with van der Waals surface area (Å²) in [5.41, 5.74) is 0.407.